The van der Waals surface area contributed by atoms with Gasteiger partial charge in [-0.1, -0.05) is 36.8 Å². The molecular weight excluding hydrogens is 308 g/mol. The number of rotatable bonds is 5. The van der Waals surface area contributed by atoms with Gasteiger partial charge in [0.25, 0.3) is 0 Å². The van der Waals surface area contributed by atoms with Gasteiger partial charge in [0.15, 0.2) is 5.82 Å². The monoisotopic (exact) mass is 336 g/mol. The third-order valence-electron chi connectivity index (χ3n) is 6.29. The van der Waals surface area contributed by atoms with Crippen molar-refractivity contribution >= 4 is 5.82 Å². The van der Waals surface area contributed by atoms with E-state index in [1.807, 2.05) is 6.07 Å². The number of hydrogen-bond donors (Lipinski definition) is 1. The summed E-state index contributed by atoms with van der Waals surface area (Å²) in [6, 6.07) is 16.3. The smallest absolute Gasteiger partial charge is 0.151 e. The van der Waals surface area contributed by atoms with Crippen LogP contribution in [0.3, 0.4) is 0 Å². The van der Waals surface area contributed by atoms with Crippen LogP contribution in [0.1, 0.15) is 44.6 Å². The first-order valence-corrected chi connectivity index (χ1v) is 9.62. The molecule has 1 saturated carbocycles. The van der Waals surface area contributed by atoms with Gasteiger partial charge < -0.3 is 10.2 Å². The highest BCUT2D eigenvalue weighted by atomic mass is 15.3. The number of aromatic nitrogens is 2. The topological polar surface area (TPSA) is 41.0 Å². The second-order valence-electron chi connectivity index (χ2n) is 7.61. The Morgan fingerprint density at radius 3 is 2.44 bits per heavy atom. The predicted octanol–water partition coefficient (Wildman–Crippen LogP) is 3.55. The minimum absolute atomic E-state index is 0.337. The molecule has 1 aromatic carbocycles. The van der Waals surface area contributed by atoms with E-state index < -0.39 is 0 Å². The quantitative estimate of drug-likeness (QED) is 0.907. The van der Waals surface area contributed by atoms with Gasteiger partial charge in [0.05, 0.1) is 0 Å². The molecule has 4 rings (SSSR count). The predicted molar refractivity (Wildman–Crippen MR) is 102 cm³/mol. The molecule has 1 saturated heterocycles. The second-order valence-corrected chi connectivity index (χ2v) is 7.61. The van der Waals surface area contributed by atoms with Crippen molar-refractivity contribution in [1.82, 2.24) is 15.5 Å². The van der Waals surface area contributed by atoms with Crippen molar-refractivity contribution in [3.05, 3.63) is 54.2 Å². The van der Waals surface area contributed by atoms with E-state index in [0.29, 0.717) is 17.5 Å². The molecule has 2 heterocycles. The third-order valence-corrected chi connectivity index (χ3v) is 6.29. The summed E-state index contributed by atoms with van der Waals surface area (Å²) in [5, 5.41) is 12.2. The van der Waals surface area contributed by atoms with Crippen molar-refractivity contribution in [2.24, 2.45) is 0 Å². The van der Waals surface area contributed by atoms with Gasteiger partial charge >= 0.3 is 0 Å². The summed E-state index contributed by atoms with van der Waals surface area (Å²) in [6.07, 6.45) is 8.05. The molecule has 1 aliphatic carbocycles. The first-order valence-electron chi connectivity index (χ1n) is 9.62. The Labute approximate surface area is 150 Å². The van der Waals surface area contributed by atoms with Gasteiger partial charge in [-0.05, 0) is 50.3 Å². The Kier molecular flexibility index (Phi) is 4.71. The van der Waals surface area contributed by atoms with Crippen LogP contribution in [-0.4, -0.2) is 35.4 Å². The Hall–Kier alpha value is -1.94. The lowest BCUT2D eigenvalue weighted by Crippen LogP contribution is -2.55. The molecule has 0 amide bonds. The first-order chi connectivity index (χ1) is 12.3. The zero-order valence-corrected chi connectivity index (χ0v) is 15.1. The van der Waals surface area contributed by atoms with Gasteiger partial charge in [-0.25, -0.2) is 0 Å². The lowest BCUT2D eigenvalue weighted by atomic mass is 9.60. The summed E-state index contributed by atoms with van der Waals surface area (Å²) in [5.74, 6) is 1.01. The van der Waals surface area contributed by atoms with Crippen molar-refractivity contribution in [2.45, 2.75) is 56.5 Å². The Balaban J connectivity index is 1.37. The number of anilines is 1. The fourth-order valence-electron chi connectivity index (χ4n) is 4.55. The normalized spacial score (nSPS) is 21.6. The largest absolute Gasteiger partial charge is 0.355 e. The van der Waals surface area contributed by atoms with Crippen LogP contribution in [0.2, 0.25) is 0 Å². The summed E-state index contributed by atoms with van der Waals surface area (Å²) in [7, 11) is 0. The van der Waals surface area contributed by atoms with Gasteiger partial charge in [0, 0.05) is 36.8 Å². The standard InChI is InChI=1S/C21H28N4/c1-17(21(12-6-13-21)18-7-3-2-4-8-18)23-19-10-15-25(16-11-19)20-9-5-14-22-24-20/h2-5,7-9,14,17,19,23H,6,10-13,15-16H2,1H3. The van der Waals surface area contributed by atoms with Gasteiger partial charge in [-0.3, -0.25) is 0 Å². The molecule has 1 aromatic heterocycles. The molecule has 2 aromatic rings. The third kappa shape index (κ3) is 3.28. The minimum atomic E-state index is 0.337. The SMILES string of the molecule is CC(NC1CCN(c2cccnn2)CC1)C1(c2ccccc2)CCC1. The average Bonchev–Trinajstić information content (AvgIpc) is 2.63. The molecular formula is C21H28N4. The summed E-state index contributed by atoms with van der Waals surface area (Å²) >= 11 is 0. The molecule has 1 aliphatic heterocycles. The van der Waals surface area contributed by atoms with Gasteiger partial charge in [-0.2, -0.15) is 5.10 Å². The zero-order chi connectivity index (χ0) is 17.1. The fraction of sp³-hybridized carbons (Fsp3) is 0.524. The van der Waals surface area contributed by atoms with Gasteiger partial charge in [-0.15, -0.1) is 5.10 Å². The van der Waals surface area contributed by atoms with Crippen molar-refractivity contribution in [3.8, 4) is 0 Å². The molecule has 2 fully saturated rings. The molecule has 1 N–H and O–H groups in total. The molecule has 0 radical (unpaired) electrons. The molecule has 1 unspecified atom stereocenters. The molecule has 4 heteroatoms. The number of benzene rings is 1. The molecule has 0 bridgehead atoms. The highest BCUT2D eigenvalue weighted by Crippen LogP contribution is 2.46. The van der Waals surface area contributed by atoms with Crippen LogP contribution in [0.4, 0.5) is 5.82 Å². The number of piperidine rings is 1. The summed E-state index contributed by atoms with van der Waals surface area (Å²) in [5.41, 5.74) is 1.85. The van der Waals surface area contributed by atoms with E-state index in [1.165, 1.54) is 37.7 Å². The highest BCUT2D eigenvalue weighted by molar-refractivity contribution is 5.37. The van der Waals surface area contributed by atoms with E-state index >= 15 is 0 Å². The van der Waals surface area contributed by atoms with Crippen molar-refractivity contribution < 1.29 is 0 Å². The summed E-state index contributed by atoms with van der Waals surface area (Å²) in [4.78, 5) is 2.35. The van der Waals surface area contributed by atoms with Crippen LogP contribution >= 0.6 is 0 Å². The van der Waals surface area contributed by atoms with E-state index in [2.05, 4.69) is 63.7 Å². The molecule has 4 nitrogen and oxygen atoms in total. The van der Waals surface area contributed by atoms with Crippen LogP contribution in [0.15, 0.2) is 48.7 Å². The van der Waals surface area contributed by atoms with Crippen molar-refractivity contribution in [2.75, 3.05) is 18.0 Å². The van der Waals surface area contributed by atoms with Crippen LogP contribution in [0.25, 0.3) is 0 Å². The lowest BCUT2D eigenvalue weighted by Gasteiger charge is -2.49. The first kappa shape index (κ1) is 16.5. The number of hydrogen-bond acceptors (Lipinski definition) is 4. The molecule has 132 valence electrons. The van der Waals surface area contributed by atoms with E-state index in [4.69, 9.17) is 0 Å². The minimum Gasteiger partial charge on any atom is -0.355 e. The van der Waals surface area contributed by atoms with Crippen molar-refractivity contribution in [1.29, 1.82) is 0 Å². The number of nitrogens with one attached hydrogen (secondary N) is 1. The van der Waals surface area contributed by atoms with E-state index in [9.17, 15) is 0 Å². The average molecular weight is 336 g/mol. The maximum absolute atomic E-state index is 4.25. The Morgan fingerprint density at radius 1 is 1.08 bits per heavy atom. The van der Waals surface area contributed by atoms with Crippen LogP contribution in [0, 0.1) is 0 Å². The van der Waals surface area contributed by atoms with Gasteiger partial charge in [0.1, 0.15) is 0 Å². The molecule has 25 heavy (non-hydrogen) atoms. The molecule has 1 atom stereocenters. The Bertz CT molecular complexity index is 661. The van der Waals surface area contributed by atoms with Crippen LogP contribution in [-0.2, 0) is 5.41 Å². The summed E-state index contributed by atoms with van der Waals surface area (Å²) in [6.45, 7) is 4.50. The van der Waals surface area contributed by atoms with Gasteiger partial charge in [0.2, 0.25) is 0 Å². The Morgan fingerprint density at radius 2 is 1.84 bits per heavy atom. The van der Waals surface area contributed by atoms with Crippen molar-refractivity contribution in [3.63, 3.8) is 0 Å². The maximum Gasteiger partial charge on any atom is 0.151 e. The molecule has 0 spiro atoms. The zero-order valence-electron chi connectivity index (χ0n) is 15.1. The van der Waals surface area contributed by atoms with Crippen LogP contribution < -0.4 is 10.2 Å². The summed E-state index contributed by atoms with van der Waals surface area (Å²) < 4.78 is 0. The van der Waals surface area contributed by atoms with E-state index in [0.717, 1.165) is 18.9 Å². The highest BCUT2D eigenvalue weighted by Gasteiger charge is 2.43. The lowest BCUT2D eigenvalue weighted by molar-refractivity contribution is 0.163. The number of nitrogens with zero attached hydrogens (tertiary/aromatic N) is 3. The maximum atomic E-state index is 4.25. The van der Waals surface area contributed by atoms with E-state index in [-0.39, 0.29) is 0 Å². The molecule has 2 aliphatic rings. The second kappa shape index (κ2) is 7.12. The fourth-order valence-corrected chi connectivity index (χ4v) is 4.55. The van der Waals surface area contributed by atoms with Crippen LogP contribution in [0.5, 0.6) is 0 Å². The van der Waals surface area contributed by atoms with E-state index in [1.54, 1.807) is 6.20 Å².